The lowest BCUT2D eigenvalue weighted by Gasteiger charge is -1.72. The molecular formula is C8H14N4+2. The molecule has 0 bridgehead atoms. The van der Waals surface area contributed by atoms with E-state index in [0.717, 1.165) is 0 Å². The van der Waals surface area contributed by atoms with Crippen LogP contribution in [0, 0.1) is 24.0 Å². The SMILES string of the molecule is CC(C)C#[N+]N=N[N+]#CC(C)C. The summed E-state index contributed by atoms with van der Waals surface area (Å²) >= 11 is 0. The highest BCUT2D eigenvalue weighted by atomic mass is 15.5. The first-order valence-corrected chi connectivity index (χ1v) is 3.93. The van der Waals surface area contributed by atoms with Gasteiger partial charge in [0.05, 0.1) is 21.7 Å². The number of hydrogen-bond acceptors (Lipinski definition) is 2. The predicted octanol–water partition coefficient (Wildman–Crippen LogP) is 3.25. The van der Waals surface area contributed by atoms with Crippen LogP contribution in [0.15, 0.2) is 10.4 Å². The molecule has 0 heterocycles. The van der Waals surface area contributed by atoms with Crippen molar-refractivity contribution in [3.63, 3.8) is 0 Å². The predicted molar refractivity (Wildman–Crippen MR) is 49.0 cm³/mol. The summed E-state index contributed by atoms with van der Waals surface area (Å²) in [4.78, 5) is 7.08. The molecule has 0 rings (SSSR count). The lowest BCUT2D eigenvalue weighted by atomic mass is 10.3. The van der Waals surface area contributed by atoms with Gasteiger partial charge in [-0.25, -0.2) is 0 Å². The minimum atomic E-state index is 0.266. The molecule has 0 aliphatic carbocycles. The van der Waals surface area contributed by atoms with Gasteiger partial charge in [-0.1, -0.05) is 0 Å². The molecule has 0 saturated carbocycles. The minimum absolute atomic E-state index is 0.266. The maximum atomic E-state index is 3.54. The first-order chi connectivity index (χ1) is 5.63. The van der Waals surface area contributed by atoms with E-state index >= 15 is 0 Å². The van der Waals surface area contributed by atoms with Crippen LogP contribution in [0.2, 0.25) is 0 Å². The molecule has 0 N–H and O–H groups in total. The second-order valence-electron chi connectivity index (χ2n) is 2.95. The van der Waals surface area contributed by atoms with Crippen LogP contribution in [0.4, 0.5) is 0 Å². The van der Waals surface area contributed by atoms with Gasteiger partial charge in [0.1, 0.15) is 0 Å². The van der Waals surface area contributed by atoms with Crippen molar-refractivity contribution >= 4 is 0 Å². The average molecular weight is 166 g/mol. The molecule has 4 heteroatoms. The molecule has 0 aromatic rings. The molecule has 0 aliphatic heterocycles. The molecule has 0 fully saturated rings. The van der Waals surface area contributed by atoms with Gasteiger partial charge in [0.2, 0.25) is 12.1 Å². The van der Waals surface area contributed by atoms with Crippen LogP contribution in [0.1, 0.15) is 27.7 Å². The van der Waals surface area contributed by atoms with Crippen molar-refractivity contribution in [1.82, 2.24) is 0 Å². The number of rotatable bonds is 0. The molecule has 0 aliphatic rings. The summed E-state index contributed by atoms with van der Waals surface area (Å²) in [6.07, 6.45) is 0. The lowest BCUT2D eigenvalue weighted by molar-refractivity contribution is 0.859. The summed E-state index contributed by atoms with van der Waals surface area (Å²) in [5, 5.41) is 6.79. The Kier molecular flexibility index (Phi) is 5.55. The highest BCUT2D eigenvalue weighted by Gasteiger charge is 1.97. The lowest BCUT2D eigenvalue weighted by Crippen LogP contribution is -1.74. The Hall–Kier alpha value is -1.42. The highest BCUT2D eigenvalue weighted by molar-refractivity contribution is 4.88. The van der Waals surface area contributed by atoms with E-state index in [4.69, 9.17) is 0 Å². The van der Waals surface area contributed by atoms with E-state index in [1.54, 1.807) is 0 Å². The molecule has 0 amide bonds. The molecule has 64 valence electrons. The summed E-state index contributed by atoms with van der Waals surface area (Å²) in [6, 6.07) is 5.42. The van der Waals surface area contributed by atoms with E-state index in [1.165, 1.54) is 0 Å². The van der Waals surface area contributed by atoms with Crippen LogP contribution in [-0.4, -0.2) is 0 Å². The maximum Gasteiger partial charge on any atom is 0.522 e. The zero-order chi connectivity index (χ0) is 9.40. The molecule has 0 spiro atoms. The normalized spacial score (nSPS) is 9.50. The summed E-state index contributed by atoms with van der Waals surface area (Å²) in [7, 11) is 0. The molecule has 0 radical (unpaired) electrons. The first kappa shape index (κ1) is 10.6. The first-order valence-electron chi connectivity index (χ1n) is 3.93. The van der Waals surface area contributed by atoms with Crippen LogP contribution in [0.25, 0.3) is 9.91 Å². The van der Waals surface area contributed by atoms with E-state index in [9.17, 15) is 0 Å². The minimum Gasteiger partial charge on any atom is -0.0473 e. The smallest absolute Gasteiger partial charge is 0.0473 e. The standard InChI is InChI=1S/C8H14N4/c1-7(2)5-9-11-12-10-6-8(3)4/h7-8H,1-4H3/q+2. The van der Waals surface area contributed by atoms with Crippen LogP contribution in [0.3, 0.4) is 0 Å². The summed E-state index contributed by atoms with van der Waals surface area (Å²) in [5.41, 5.74) is 0. The van der Waals surface area contributed by atoms with Crippen LogP contribution in [-0.2, 0) is 0 Å². The van der Waals surface area contributed by atoms with Gasteiger partial charge in [0.15, 0.2) is 0 Å². The van der Waals surface area contributed by atoms with E-state index in [2.05, 4.69) is 32.5 Å². The average Bonchev–Trinajstić information content (AvgIpc) is 1.95. The maximum absolute atomic E-state index is 3.54. The topological polar surface area (TPSA) is 33.4 Å². The third kappa shape index (κ3) is 8.58. The van der Waals surface area contributed by atoms with E-state index in [0.29, 0.717) is 0 Å². The summed E-state index contributed by atoms with van der Waals surface area (Å²) in [6.45, 7) is 7.84. The molecule has 0 atom stereocenters. The zero-order valence-electron chi connectivity index (χ0n) is 7.94. The van der Waals surface area contributed by atoms with Crippen LogP contribution < -0.4 is 0 Å². The quantitative estimate of drug-likeness (QED) is 0.391. The van der Waals surface area contributed by atoms with Crippen molar-refractivity contribution in [2.24, 2.45) is 22.3 Å². The van der Waals surface area contributed by atoms with Crippen molar-refractivity contribution in [2.75, 3.05) is 0 Å². The van der Waals surface area contributed by atoms with Crippen molar-refractivity contribution in [1.29, 1.82) is 0 Å². The third-order valence-corrected chi connectivity index (χ3v) is 0.761. The van der Waals surface area contributed by atoms with Crippen LogP contribution >= 0.6 is 0 Å². The Bertz CT molecular complexity index is 228. The van der Waals surface area contributed by atoms with Crippen molar-refractivity contribution in [3.05, 3.63) is 9.91 Å². The molecular weight excluding hydrogens is 152 g/mol. The monoisotopic (exact) mass is 166 g/mol. The van der Waals surface area contributed by atoms with E-state index in [1.807, 2.05) is 27.7 Å². The second kappa shape index (κ2) is 6.30. The number of nitrogens with zero attached hydrogens (tertiary/aromatic N) is 4. The Morgan fingerprint density at radius 2 is 1.17 bits per heavy atom. The van der Waals surface area contributed by atoms with Gasteiger partial charge in [-0.15, -0.1) is 0 Å². The molecule has 0 saturated heterocycles. The van der Waals surface area contributed by atoms with Crippen molar-refractivity contribution < 1.29 is 0 Å². The second-order valence-corrected chi connectivity index (χ2v) is 2.95. The van der Waals surface area contributed by atoms with Gasteiger partial charge in [-0.2, -0.15) is 0 Å². The van der Waals surface area contributed by atoms with Gasteiger partial charge in [0.25, 0.3) is 0 Å². The molecule has 4 nitrogen and oxygen atoms in total. The fourth-order valence-electron chi connectivity index (χ4n) is 0.323. The zero-order valence-corrected chi connectivity index (χ0v) is 7.94. The molecule has 0 aromatic heterocycles. The van der Waals surface area contributed by atoms with Gasteiger partial charge in [0, 0.05) is 0 Å². The Labute approximate surface area is 72.9 Å². The van der Waals surface area contributed by atoms with Crippen molar-refractivity contribution in [3.8, 4) is 12.1 Å². The molecule has 12 heavy (non-hydrogen) atoms. The summed E-state index contributed by atoms with van der Waals surface area (Å²) in [5.74, 6) is 0.531. The van der Waals surface area contributed by atoms with E-state index < -0.39 is 0 Å². The van der Waals surface area contributed by atoms with Gasteiger partial charge in [-0.05, 0) is 27.7 Å². The fraction of sp³-hybridized carbons (Fsp3) is 0.750. The molecule has 0 aromatic carbocycles. The largest absolute Gasteiger partial charge is 0.522 e. The fourth-order valence-corrected chi connectivity index (χ4v) is 0.323. The van der Waals surface area contributed by atoms with Crippen LogP contribution in [0.5, 0.6) is 0 Å². The van der Waals surface area contributed by atoms with Gasteiger partial charge in [-0.3, -0.25) is 0 Å². The van der Waals surface area contributed by atoms with Gasteiger partial charge >= 0.3 is 10.4 Å². The van der Waals surface area contributed by atoms with Gasteiger partial charge < -0.3 is 0 Å². The highest BCUT2D eigenvalue weighted by Crippen LogP contribution is 1.90. The Balaban J connectivity index is 3.83. The Morgan fingerprint density at radius 3 is 1.42 bits per heavy atom. The third-order valence-electron chi connectivity index (χ3n) is 0.761. The molecule has 0 unspecified atom stereocenters. The summed E-state index contributed by atoms with van der Waals surface area (Å²) < 4.78 is 0. The van der Waals surface area contributed by atoms with E-state index in [-0.39, 0.29) is 11.8 Å². The van der Waals surface area contributed by atoms with Crippen molar-refractivity contribution in [2.45, 2.75) is 27.7 Å². The Morgan fingerprint density at radius 1 is 0.833 bits per heavy atom. The number of hydrogen-bond donors (Lipinski definition) is 0.